The van der Waals surface area contributed by atoms with Gasteiger partial charge in [-0.2, -0.15) is 0 Å². The zero-order valence-corrected chi connectivity index (χ0v) is 11.1. The van der Waals surface area contributed by atoms with E-state index < -0.39 is 4.92 Å². The van der Waals surface area contributed by atoms with Crippen molar-refractivity contribution in [3.05, 3.63) is 28.3 Å². The number of benzene rings is 1. The molecule has 0 aromatic heterocycles. The molecule has 1 aliphatic rings. The number of nitro benzene ring substituents is 1. The van der Waals surface area contributed by atoms with Crippen molar-refractivity contribution in [1.82, 2.24) is 0 Å². The van der Waals surface area contributed by atoms with Gasteiger partial charge in [0.2, 0.25) is 0 Å². The number of nitrogens with two attached hydrogens (primary N) is 1. The van der Waals surface area contributed by atoms with Crippen molar-refractivity contribution in [1.29, 1.82) is 0 Å². The average Bonchev–Trinajstić information content (AvgIpc) is 2.38. The number of thioether (sulfide) groups is 1. The van der Waals surface area contributed by atoms with Crippen molar-refractivity contribution in [3.8, 4) is 0 Å². The average molecular weight is 266 g/mol. The molecular formula is C13H18N2O2S. The van der Waals surface area contributed by atoms with Crippen LogP contribution in [-0.4, -0.2) is 10.7 Å². The molecule has 1 fully saturated rings. The maximum absolute atomic E-state index is 10.8. The number of anilines is 1. The van der Waals surface area contributed by atoms with Crippen molar-refractivity contribution in [2.24, 2.45) is 5.92 Å². The summed E-state index contributed by atoms with van der Waals surface area (Å²) in [6.07, 6.45) is 6.60. The van der Waals surface area contributed by atoms with Gasteiger partial charge in [0.15, 0.2) is 0 Å². The van der Waals surface area contributed by atoms with Crippen LogP contribution in [-0.2, 0) is 0 Å². The van der Waals surface area contributed by atoms with Gasteiger partial charge in [0.1, 0.15) is 5.69 Å². The molecule has 2 N–H and O–H groups in total. The molecule has 1 aromatic rings. The molecule has 0 saturated heterocycles. The van der Waals surface area contributed by atoms with Crippen LogP contribution in [0.3, 0.4) is 0 Å². The van der Waals surface area contributed by atoms with E-state index in [1.54, 1.807) is 23.9 Å². The van der Waals surface area contributed by atoms with E-state index in [-0.39, 0.29) is 11.4 Å². The third kappa shape index (κ3) is 3.38. The highest BCUT2D eigenvalue weighted by Crippen LogP contribution is 2.32. The fourth-order valence-corrected chi connectivity index (χ4v) is 3.46. The van der Waals surface area contributed by atoms with Gasteiger partial charge >= 0.3 is 0 Å². The van der Waals surface area contributed by atoms with Crippen LogP contribution in [0.2, 0.25) is 0 Å². The summed E-state index contributed by atoms with van der Waals surface area (Å²) in [6.45, 7) is 0. The van der Waals surface area contributed by atoms with E-state index in [4.69, 9.17) is 5.73 Å². The van der Waals surface area contributed by atoms with E-state index in [2.05, 4.69) is 0 Å². The van der Waals surface area contributed by atoms with E-state index in [0.29, 0.717) is 0 Å². The summed E-state index contributed by atoms with van der Waals surface area (Å²) in [5.74, 6) is 1.82. The lowest BCUT2D eigenvalue weighted by atomic mass is 9.91. The zero-order valence-electron chi connectivity index (χ0n) is 10.3. The summed E-state index contributed by atoms with van der Waals surface area (Å²) >= 11 is 1.71. The van der Waals surface area contributed by atoms with Crippen molar-refractivity contribution in [2.75, 3.05) is 11.5 Å². The quantitative estimate of drug-likeness (QED) is 0.389. The molecule has 0 aliphatic heterocycles. The molecule has 98 valence electrons. The van der Waals surface area contributed by atoms with Gasteiger partial charge in [-0.3, -0.25) is 10.1 Å². The molecule has 1 aromatic carbocycles. The summed E-state index contributed by atoms with van der Waals surface area (Å²) in [6, 6.07) is 5.08. The molecule has 0 unspecified atom stereocenters. The summed E-state index contributed by atoms with van der Waals surface area (Å²) in [7, 11) is 0. The Labute approximate surface area is 111 Å². The van der Waals surface area contributed by atoms with Gasteiger partial charge < -0.3 is 5.73 Å². The van der Waals surface area contributed by atoms with Crippen LogP contribution >= 0.6 is 11.8 Å². The van der Waals surface area contributed by atoms with Gasteiger partial charge in [-0.05, 0) is 30.9 Å². The molecule has 4 nitrogen and oxygen atoms in total. The fraction of sp³-hybridized carbons (Fsp3) is 0.538. The zero-order chi connectivity index (χ0) is 13.0. The fourth-order valence-electron chi connectivity index (χ4n) is 2.34. The second-order valence-corrected chi connectivity index (χ2v) is 5.89. The highest BCUT2D eigenvalue weighted by Gasteiger charge is 2.15. The second kappa shape index (κ2) is 6.09. The molecule has 0 heterocycles. The first-order chi connectivity index (χ1) is 8.66. The van der Waals surface area contributed by atoms with E-state index in [9.17, 15) is 10.1 Å². The van der Waals surface area contributed by atoms with Crippen LogP contribution in [0.5, 0.6) is 0 Å². The van der Waals surface area contributed by atoms with E-state index in [1.165, 1.54) is 32.1 Å². The van der Waals surface area contributed by atoms with Gasteiger partial charge in [0, 0.05) is 16.7 Å². The molecule has 2 rings (SSSR count). The largest absolute Gasteiger partial charge is 0.393 e. The summed E-state index contributed by atoms with van der Waals surface area (Å²) in [4.78, 5) is 11.3. The van der Waals surface area contributed by atoms with Gasteiger partial charge in [-0.1, -0.05) is 19.3 Å². The molecule has 0 amide bonds. The number of hydrogen-bond acceptors (Lipinski definition) is 4. The Morgan fingerprint density at radius 1 is 1.33 bits per heavy atom. The molecule has 18 heavy (non-hydrogen) atoms. The SMILES string of the molecule is Nc1ccc(SCC2CCCCC2)cc1[N+](=O)[O-]. The Bertz CT molecular complexity index is 431. The molecule has 0 atom stereocenters. The Kier molecular flexibility index (Phi) is 4.47. The Hall–Kier alpha value is -1.23. The highest BCUT2D eigenvalue weighted by molar-refractivity contribution is 7.99. The Morgan fingerprint density at radius 3 is 2.72 bits per heavy atom. The first-order valence-corrected chi connectivity index (χ1v) is 7.32. The van der Waals surface area contributed by atoms with Gasteiger partial charge in [-0.25, -0.2) is 0 Å². The minimum absolute atomic E-state index is 0.0173. The summed E-state index contributed by atoms with van der Waals surface area (Å²) in [5, 5.41) is 10.8. The topological polar surface area (TPSA) is 69.2 Å². The summed E-state index contributed by atoms with van der Waals surface area (Å²) in [5.41, 5.74) is 5.83. The van der Waals surface area contributed by atoms with Crippen LogP contribution in [0.15, 0.2) is 23.1 Å². The van der Waals surface area contributed by atoms with Crippen LogP contribution < -0.4 is 5.73 Å². The first kappa shape index (κ1) is 13.2. The second-order valence-electron chi connectivity index (χ2n) is 4.79. The molecule has 1 saturated carbocycles. The van der Waals surface area contributed by atoms with Crippen molar-refractivity contribution in [2.45, 2.75) is 37.0 Å². The predicted octanol–water partition coefficient (Wildman–Crippen LogP) is 3.85. The van der Waals surface area contributed by atoms with Gasteiger partial charge in [0.05, 0.1) is 4.92 Å². The number of nitrogen functional groups attached to an aromatic ring is 1. The van der Waals surface area contributed by atoms with E-state index in [0.717, 1.165) is 16.6 Å². The highest BCUT2D eigenvalue weighted by atomic mass is 32.2. The molecule has 1 aliphatic carbocycles. The van der Waals surface area contributed by atoms with Crippen molar-refractivity contribution < 1.29 is 4.92 Å². The van der Waals surface area contributed by atoms with Gasteiger partial charge in [-0.15, -0.1) is 11.8 Å². The van der Waals surface area contributed by atoms with Crippen molar-refractivity contribution >= 4 is 23.1 Å². The first-order valence-electron chi connectivity index (χ1n) is 6.33. The van der Waals surface area contributed by atoms with E-state index in [1.807, 2.05) is 6.07 Å². The maximum atomic E-state index is 10.8. The van der Waals surface area contributed by atoms with E-state index >= 15 is 0 Å². The molecule has 0 radical (unpaired) electrons. The lowest BCUT2D eigenvalue weighted by Gasteiger charge is -2.20. The molecular weight excluding hydrogens is 248 g/mol. The third-order valence-corrected chi connectivity index (χ3v) is 4.63. The van der Waals surface area contributed by atoms with Crippen LogP contribution in [0.25, 0.3) is 0 Å². The van der Waals surface area contributed by atoms with Crippen molar-refractivity contribution in [3.63, 3.8) is 0 Å². The normalized spacial score (nSPS) is 16.7. The lowest BCUT2D eigenvalue weighted by molar-refractivity contribution is -0.384. The lowest BCUT2D eigenvalue weighted by Crippen LogP contribution is -2.08. The third-order valence-electron chi connectivity index (χ3n) is 3.41. The monoisotopic (exact) mass is 266 g/mol. The van der Waals surface area contributed by atoms with Crippen LogP contribution in [0.4, 0.5) is 11.4 Å². The van der Waals surface area contributed by atoms with Crippen LogP contribution in [0, 0.1) is 16.0 Å². The molecule has 5 heteroatoms. The molecule has 0 bridgehead atoms. The number of nitro groups is 1. The Balaban J connectivity index is 1.96. The molecule has 0 spiro atoms. The number of hydrogen-bond donors (Lipinski definition) is 1. The standard InChI is InChI=1S/C13H18N2O2S/c14-12-7-6-11(8-13(12)15(16)17)18-9-10-4-2-1-3-5-10/h6-8,10H,1-5,9,14H2. The predicted molar refractivity (Wildman–Crippen MR) is 74.8 cm³/mol. The smallest absolute Gasteiger partial charge is 0.293 e. The van der Waals surface area contributed by atoms with Gasteiger partial charge in [0.25, 0.3) is 5.69 Å². The minimum atomic E-state index is -0.417. The number of rotatable bonds is 4. The summed E-state index contributed by atoms with van der Waals surface area (Å²) < 4.78 is 0. The Morgan fingerprint density at radius 2 is 2.06 bits per heavy atom. The minimum Gasteiger partial charge on any atom is -0.393 e. The van der Waals surface area contributed by atoms with Crippen LogP contribution in [0.1, 0.15) is 32.1 Å². The number of nitrogens with zero attached hydrogens (tertiary/aromatic N) is 1. The maximum Gasteiger partial charge on any atom is 0.293 e.